The highest BCUT2D eigenvalue weighted by molar-refractivity contribution is 5.80. The summed E-state index contributed by atoms with van der Waals surface area (Å²) < 4.78 is 11.1. The summed E-state index contributed by atoms with van der Waals surface area (Å²) in [6.07, 6.45) is 4.70. The van der Waals surface area contributed by atoms with E-state index in [0.29, 0.717) is 0 Å². The Kier molecular flexibility index (Phi) is 4.37. The van der Waals surface area contributed by atoms with Gasteiger partial charge in [0.25, 0.3) is 0 Å². The molecule has 0 bridgehead atoms. The van der Waals surface area contributed by atoms with Crippen molar-refractivity contribution in [1.82, 2.24) is 0 Å². The molecule has 1 heterocycles. The molecule has 0 amide bonds. The maximum atomic E-state index is 5.78. The zero-order chi connectivity index (χ0) is 14.5. The van der Waals surface area contributed by atoms with Crippen molar-refractivity contribution in [3.8, 4) is 5.75 Å². The largest absolute Gasteiger partial charge is 0.497 e. The number of methoxy groups -OCH3 is 1. The molecule has 2 aromatic rings. The van der Waals surface area contributed by atoms with Gasteiger partial charge in [0.1, 0.15) is 5.75 Å². The molecule has 0 saturated carbocycles. The third-order valence-corrected chi connectivity index (χ3v) is 3.78. The van der Waals surface area contributed by atoms with Gasteiger partial charge >= 0.3 is 0 Å². The number of hydrogen-bond donors (Lipinski definition) is 0. The number of benzene rings is 2. The van der Waals surface area contributed by atoms with E-state index in [2.05, 4.69) is 42.5 Å². The summed E-state index contributed by atoms with van der Waals surface area (Å²) >= 11 is 0. The molecule has 3 rings (SSSR count). The van der Waals surface area contributed by atoms with Crippen molar-refractivity contribution in [2.45, 2.75) is 18.9 Å². The fourth-order valence-corrected chi connectivity index (χ4v) is 2.69. The SMILES string of the molecule is COc1cccc(/C(=C/C2CCCO2)c2ccccc2)c1. The summed E-state index contributed by atoms with van der Waals surface area (Å²) in [7, 11) is 1.70. The molecule has 1 fully saturated rings. The zero-order valence-corrected chi connectivity index (χ0v) is 12.3. The van der Waals surface area contributed by atoms with Crippen molar-refractivity contribution in [2.75, 3.05) is 13.7 Å². The average molecular weight is 280 g/mol. The molecule has 1 unspecified atom stereocenters. The van der Waals surface area contributed by atoms with Gasteiger partial charge in [0, 0.05) is 6.61 Å². The van der Waals surface area contributed by atoms with Gasteiger partial charge in [-0.05, 0) is 47.8 Å². The van der Waals surface area contributed by atoms with E-state index in [0.717, 1.165) is 30.8 Å². The first-order valence-corrected chi connectivity index (χ1v) is 7.40. The molecule has 2 aromatic carbocycles. The first kappa shape index (κ1) is 13.9. The van der Waals surface area contributed by atoms with Crippen LogP contribution in [0.1, 0.15) is 24.0 Å². The van der Waals surface area contributed by atoms with Gasteiger partial charge in [-0.25, -0.2) is 0 Å². The minimum absolute atomic E-state index is 0.214. The highest BCUT2D eigenvalue weighted by Crippen LogP contribution is 2.28. The summed E-state index contributed by atoms with van der Waals surface area (Å²) in [6, 6.07) is 18.7. The fraction of sp³-hybridized carbons (Fsp3) is 0.263. The molecule has 1 atom stereocenters. The molecule has 0 spiro atoms. The molecule has 0 aromatic heterocycles. The molecule has 1 saturated heterocycles. The second-order valence-corrected chi connectivity index (χ2v) is 5.23. The van der Waals surface area contributed by atoms with Crippen LogP contribution in [0.3, 0.4) is 0 Å². The summed E-state index contributed by atoms with van der Waals surface area (Å²) in [6.45, 7) is 0.862. The van der Waals surface area contributed by atoms with E-state index in [1.165, 1.54) is 11.1 Å². The van der Waals surface area contributed by atoms with Crippen molar-refractivity contribution in [3.63, 3.8) is 0 Å². The lowest BCUT2D eigenvalue weighted by molar-refractivity contribution is 0.146. The van der Waals surface area contributed by atoms with Crippen LogP contribution in [-0.4, -0.2) is 19.8 Å². The molecule has 0 aliphatic carbocycles. The Hall–Kier alpha value is -2.06. The van der Waals surface area contributed by atoms with Crippen LogP contribution in [-0.2, 0) is 4.74 Å². The molecule has 1 aliphatic heterocycles. The van der Waals surface area contributed by atoms with E-state index < -0.39 is 0 Å². The van der Waals surface area contributed by atoms with Gasteiger partial charge in [0.15, 0.2) is 0 Å². The molecule has 1 aliphatic rings. The monoisotopic (exact) mass is 280 g/mol. The summed E-state index contributed by atoms with van der Waals surface area (Å²) in [5.74, 6) is 0.877. The van der Waals surface area contributed by atoms with Gasteiger partial charge in [-0.3, -0.25) is 0 Å². The summed E-state index contributed by atoms with van der Waals surface area (Å²) in [5, 5.41) is 0. The highest BCUT2D eigenvalue weighted by Gasteiger charge is 2.15. The van der Waals surface area contributed by atoms with Crippen molar-refractivity contribution in [2.24, 2.45) is 0 Å². The fourth-order valence-electron chi connectivity index (χ4n) is 2.69. The Bertz CT molecular complexity index is 610. The van der Waals surface area contributed by atoms with Crippen LogP contribution in [0.5, 0.6) is 5.75 Å². The van der Waals surface area contributed by atoms with E-state index in [4.69, 9.17) is 9.47 Å². The number of rotatable bonds is 4. The van der Waals surface area contributed by atoms with Crippen molar-refractivity contribution < 1.29 is 9.47 Å². The smallest absolute Gasteiger partial charge is 0.119 e. The van der Waals surface area contributed by atoms with Crippen LogP contribution in [0.2, 0.25) is 0 Å². The predicted molar refractivity (Wildman–Crippen MR) is 85.5 cm³/mol. The maximum Gasteiger partial charge on any atom is 0.119 e. The average Bonchev–Trinajstić information content (AvgIpc) is 3.07. The normalized spacial score (nSPS) is 18.7. The second-order valence-electron chi connectivity index (χ2n) is 5.23. The van der Waals surface area contributed by atoms with Crippen LogP contribution in [0.4, 0.5) is 0 Å². The third kappa shape index (κ3) is 3.34. The van der Waals surface area contributed by atoms with Gasteiger partial charge in [-0.15, -0.1) is 0 Å². The molecule has 108 valence electrons. The van der Waals surface area contributed by atoms with Crippen molar-refractivity contribution in [1.29, 1.82) is 0 Å². The van der Waals surface area contributed by atoms with Crippen molar-refractivity contribution in [3.05, 3.63) is 71.8 Å². The van der Waals surface area contributed by atoms with Gasteiger partial charge in [-0.2, -0.15) is 0 Å². The third-order valence-electron chi connectivity index (χ3n) is 3.78. The molecule has 2 heteroatoms. The minimum atomic E-state index is 0.214. The lowest BCUT2D eigenvalue weighted by Gasteiger charge is -2.13. The summed E-state index contributed by atoms with van der Waals surface area (Å²) in [4.78, 5) is 0. The Labute approximate surface area is 126 Å². The molecule has 0 radical (unpaired) electrons. The lowest BCUT2D eigenvalue weighted by atomic mass is 9.95. The van der Waals surface area contributed by atoms with Crippen LogP contribution in [0, 0.1) is 0 Å². The second kappa shape index (κ2) is 6.59. The standard InChI is InChI=1S/C19H20O2/c1-20-17-10-5-9-16(13-17)19(14-18-11-6-12-21-18)15-7-3-2-4-8-15/h2-5,7-10,13-14,18H,6,11-12H2,1H3/b19-14+. The van der Waals surface area contributed by atoms with E-state index in [-0.39, 0.29) is 6.10 Å². The highest BCUT2D eigenvalue weighted by atomic mass is 16.5. The van der Waals surface area contributed by atoms with Gasteiger partial charge in [0.05, 0.1) is 13.2 Å². The molecule has 2 nitrogen and oxygen atoms in total. The molecule has 0 N–H and O–H groups in total. The first-order valence-electron chi connectivity index (χ1n) is 7.40. The maximum absolute atomic E-state index is 5.78. The minimum Gasteiger partial charge on any atom is -0.497 e. The van der Waals surface area contributed by atoms with E-state index in [9.17, 15) is 0 Å². The Morgan fingerprint density at radius 2 is 1.90 bits per heavy atom. The first-order chi connectivity index (χ1) is 10.4. The number of ether oxygens (including phenoxy) is 2. The van der Waals surface area contributed by atoms with E-state index in [1.807, 2.05) is 18.2 Å². The topological polar surface area (TPSA) is 18.5 Å². The Morgan fingerprint density at radius 3 is 2.62 bits per heavy atom. The predicted octanol–water partition coefficient (Wildman–Crippen LogP) is 4.31. The Balaban J connectivity index is 2.02. The van der Waals surface area contributed by atoms with Crippen LogP contribution in [0.15, 0.2) is 60.7 Å². The van der Waals surface area contributed by atoms with Crippen LogP contribution in [0.25, 0.3) is 5.57 Å². The lowest BCUT2D eigenvalue weighted by Crippen LogP contribution is -2.02. The zero-order valence-electron chi connectivity index (χ0n) is 12.3. The quantitative estimate of drug-likeness (QED) is 0.831. The molecular weight excluding hydrogens is 260 g/mol. The van der Waals surface area contributed by atoms with E-state index in [1.54, 1.807) is 7.11 Å². The van der Waals surface area contributed by atoms with Crippen molar-refractivity contribution >= 4 is 5.57 Å². The summed E-state index contributed by atoms with van der Waals surface area (Å²) in [5.41, 5.74) is 3.58. The van der Waals surface area contributed by atoms with Crippen LogP contribution >= 0.6 is 0 Å². The molecule has 21 heavy (non-hydrogen) atoms. The van der Waals surface area contributed by atoms with E-state index >= 15 is 0 Å². The van der Waals surface area contributed by atoms with Gasteiger partial charge in [0.2, 0.25) is 0 Å². The van der Waals surface area contributed by atoms with Crippen LogP contribution < -0.4 is 4.74 Å². The Morgan fingerprint density at radius 1 is 1.10 bits per heavy atom. The molecular formula is C19H20O2. The van der Waals surface area contributed by atoms with Gasteiger partial charge < -0.3 is 9.47 Å². The van der Waals surface area contributed by atoms with Gasteiger partial charge in [-0.1, -0.05) is 42.5 Å². The number of hydrogen-bond acceptors (Lipinski definition) is 2.